The van der Waals surface area contributed by atoms with Crippen molar-refractivity contribution in [3.05, 3.63) is 42.0 Å². The number of esters is 1. The Kier molecular flexibility index (Phi) is 2.17. The number of hydrogen-bond acceptors (Lipinski definition) is 3. The van der Waals surface area contributed by atoms with Gasteiger partial charge in [-0.3, -0.25) is 4.79 Å². The van der Waals surface area contributed by atoms with Gasteiger partial charge in [-0.25, -0.2) is 0 Å². The molecule has 1 aromatic rings. The number of hydrogen-bond donors (Lipinski definition) is 0. The summed E-state index contributed by atoms with van der Waals surface area (Å²) in [7, 11) is 0. The highest BCUT2D eigenvalue weighted by atomic mass is 16.6. The molecular weight excluding hydrogens is 204 g/mol. The molecule has 0 aromatic heterocycles. The third-order valence-electron chi connectivity index (χ3n) is 2.92. The van der Waals surface area contributed by atoms with Crippen LogP contribution in [0.2, 0.25) is 0 Å². The number of rotatable bonds is 1. The van der Waals surface area contributed by atoms with Crippen molar-refractivity contribution in [3.63, 3.8) is 0 Å². The molecule has 82 valence electrons. The van der Waals surface area contributed by atoms with Crippen LogP contribution >= 0.6 is 0 Å². The van der Waals surface area contributed by atoms with E-state index in [0.717, 1.165) is 17.7 Å². The quantitative estimate of drug-likeness (QED) is 0.674. The van der Waals surface area contributed by atoms with Crippen molar-refractivity contribution >= 4 is 11.7 Å². The van der Waals surface area contributed by atoms with E-state index in [-0.39, 0.29) is 18.2 Å². The Labute approximate surface area is 93.7 Å². The minimum atomic E-state index is -0.198. The molecule has 2 aliphatic rings. The number of fused-ring (bicyclic) bond motifs is 1. The average Bonchev–Trinajstić information content (AvgIpc) is 2.73. The first-order valence-electron chi connectivity index (χ1n) is 5.46. The second kappa shape index (κ2) is 3.67. The lowest BCUT2D eigenvalue weighted by atomic mass is 10.1. The van der Waals surface area contributed by atoms with Gasteiger partial charge in [0.25, 0.3) is 0 Å². The molecule has 0 bridgehead atoms. The second-order valence-corrected chi connectivity index (χ2v) is 4.05. The smallest absolute Gasteiger partial charge is 0.306 e. The molecule has 0 amide bonds. The summed E-state index contributed by atoms with van der Waals surface area (Å²) in [6, 6.07) is 9.88. The molecule has 3 rings (SSSR count). The van der Waals surface area contributed by atoms with E-state index in [1.165, 1.54) is 0 Å². The highest BCUT2D eigenvalue weighted by Gasteiger charge is 2.36. The molecule has 0 aliphatic carbocycles. The van der Waals surface area contributed by atoms with Crippen LogP contribution in [-0.2, 0) is 14.3 Å². The first-order chi connectivity index (χ1) is 7.83. The molecule has 0 radical (unpaired) electrons. The van der Waals surface area contributed by atoms with Crippen LogP contribution < -0.4 is 0 Å². The number of benzene rings is 1. The van der Waals surface area contributed by atoms with Crippen LogP contribution in [0.15, 0.2) is 36.4 Å². The van der Waals surface area contributed by atoms with Gasteiger partial charge >= 0.3 is 5.97 Å². The van der Waals surface area contributed by atoms with Crippen LogP contribution in [0, 0.1) is 0 Å². The molecule has 1 aromatic carbocycles. The molecule has 0 saturated carbocycles. The van der Waals surface area contributed by atoms with E-state index in [9.17, 15) is 4.79 Å². The normalized spacial score (nSPS) is 27.8. The van der Waals surface area contributed by atoms with Crippen molar-refractivity contribution in [2.75, 3.05) is 0 Å². The van der Waals surface area contributed by atoms with Crippen LogP contribution in [0.3, 0.4) is 0 Å². The topological polar surface area (TPSA) is 35.5 Å². The molecule has 1 fully saturated rings. The van der Waals surface area contributed by atoms with Gasteiger partial charge in [-0.2, -0.15) is 0 Å². The third-order valence-corrected chi connectivity index (χ3v) is 2.92. The summed E-state index contributed by atoms with van der Waals surface area (Å²) in [6.45, 7) is 0. The van der Waals surface area contributed by atoms with E-state index in [4.69, 9.17) is 9.47 Å². The largest absolute Gasteiger partial charge is 0.486 e. The number of carbonyl (C=O) groups is 1. The summed E-state index contributed by atoms with van der Waals surface area (Å²) in [4.78, 5) is 11.1. The third kappa shape index (κ3) is 1.58. The molecule has 2 heterocycles. The highest BCUT2D eigenvalue weighted by Crippen LogP contribution is 2.32. The van der Waals surface area contributed by atoms with E-state index in [1.807, 2.05) is 36.4 Å². The zero-order valence-electron chi connectivity index (χ0n) is 8.76. The Hall–Kier alpha value is -1.77. The Morgan fingerprint density at radius 3 is 2.75 bits per heavy atom. The van der Waals surface area contributed by atoms with Crippen molar-refractivity contribution in [2.45, 2.75) is 25.0 Å². The number of ether oxygens (including phenoxy) is 2. The van der Waals surface area contributed by atoms with Crippen molar-refractivity contribution in [1.82, 2.24) is 0 Å². The summed E-state index contributed by atoms with van der Waals surface area (Å²) < 4.78 is 11.0. The fourth-order valence-corrected chi connectivity index (χ4v) is 2.10. The van der Waals surface area contributed by atoms with Gasteiger partial charge in [0.1, 0.15) is 11.9 Å². The molecule has 3 nitrogen and oxygen atoms in total. The van der Waals surface area contributed by atoms with Crippen LogP contribution in [0.5, 0.6) is 0 Å². The SMILES string of the molecule is O=C1CC[C@@H]2OC(c3ccccc3)=C[C@@H]2O1. The van der Waals surface area contributed by atoms with Crippen molar-refractivity contribution < 1.29 is 14.3 Å². The monoisotopic (exact) mass is 216 g/mol. The zero-order chi connectivity index (χ0) is 11.0. The van der Waals surface area contributed by atoms with Gasteiger partial charge in [0.2, 0.25) is 0 Å². The predicted molar refractivity (Wildman–Crippen MR) is 58.4 cm³/mol. The summed E-state index contributed by atoms with van der Waals surface area (Å²) >= 11 is 0. The average molecular weight is 216 g/mol. The van der Waals surface area contributed by atoms with Gasteiger partial charge < -0.3 is 9.47 Å². The maximum atomic E-state index is 11.1. The molecule has 2 atom stereocenters. The van der Waals surface area contributed by atoms with Crippen LogP contribution in [-0.4, -0.2) is 18.2 Å². The zero-order valence-corrected chi connectivity index (χ0v) is 8.76. The Morgan fingerprint density at radius 2 is 1.94 bits per heavy atom. The first-order valence-corrected chi connectivity index (χ1v) is 5.46. The second-order valence-electron chi connectivity index (χ2n) is 4.05. The summed E-state index contributed by atoms with van der Waals surface area (Å²) in [5.74, 6) is 0.695. The molecule has 1 saturated heterocycles. The minimum absolute atomic E-state index is 0.00732. The highest BCUT2D eigenvalue weighted by molar-refractivity contribution is 5.72. The standard InChI is InChI=1S/C13H12O3/c14-13-7-6-10-12(16-13)8-11(15-10)9-4-2-1-3-5-9/h1-5,8,10,12H,6-7H2/t10-,12-/m0/s1. The number of carbonyl (C=O) groups excluding carboxylic acids is 1. The molecule has 16 heavy (non-hydrogen) atoms. The summed E-state index contributed by atoms with van der Waals surface area (Å²) in [5.41, 5.74) is 1.04. The van der Waals surface area contributed by atoms with E-state index >= 15 is 0 Å². The van der Waals surface area contributed by atoms with Gasteiger partial charge in [-0.15, -0.1) is 0 Å². The molecule has 0 spiro atoms. The molecular formula is C13H12O3. The maximum Gasteiger partial charge on any atom is 0.306 e. The minimum Gasteiger partial charge on any atom is -0.486 e. The van der Waals surface area contributed by atoms with Gasteiger partial charge in [-0.05, 0) is 6.42 Å². The molecule has 3 heteroatoms. The van der Waals surface area contributed by atoms with E-state index < -0.39 is 0 Å². The van der Waals surface area contributed by atoms with Crippen molar-refractivity contribution in [1.29, 1.82) is 0 Å². The van der Waals surface area contributed by atoms with Crippen LogP contribution in [0.1, 0.15) is 18.4 Å². The fourth-order valence-electron chi connectivity index (χ4n) is 2.10. The van der Waals surface area contributed by atoms with Crippen molar-refractivity contribution in [2.24, 2.45) is 0 Å². The van der Waals surface area contributed by atoms with Crippen molar-refractivity contribution in [3.8, 4) is 0 Å². The Balaban J connectivity index is 1.84. The van der Waals surface area contributed by atoms with E-state index in [1.54, 1.807) is 0 Å². The Bertz CT molecular complexity index is 436. The van der Waals surface area contributed by atoms with Gasteiger partial charge in [-0.1, -0.05) is 30.3 Å². The first kappa shape index (κ1) is 9.46. The molecule has 2 aliphatic heterocycles. The predicted octanol–water partition coefficient (Wildman–Crippen LogP) is 2.13. The lowest BCUT2D eigenvalue weighted by molar-refractivity contribution is -0.156. The molecule has 0 N–H and O–H groups in total. The van der Waals surface area contributed by atoms with Crippen LogP contribution in [0.25, 0.3) is 5.76 Å². The molecule has 0 unspecified atom stereocenters. The van der Waals surface area contributed by atoms with E-state index in [2.05, 4.69) is 0 Å². The maximum absolute atomic E-state index is 11.1. The summed E-state index contributed by atoms with van der Waals surface area (Å²) in [6.07, 6.45) is 2.91. The lowest BCUT2D eigenvalue weighted by Gasteiger charge is -2.23. The summed E-state index contributed by atoms with van der Waals surface area (Å²) in [5, 5.41) is 0. The van der Waals surface area contributed by atoms with Gasteiger partial charge in [0.15, 0.2) is 6.10 Å². The van der Waals surface area contributed by atoms with Gasteiger partial charge in [0.05, 0.1) is 0 Å². The van der Waals surface area contributed by atoms with E-state index in [0.29, 0.717) is 6.42 Å². The lowest BCUT2D eigenvalue weighted by Crippen LogP contribution is -2.33. The fraction of sp³-hybridized carbons (Fsp3) is 0.308. The Morgan fingerprint density at radius 1 is 1.12 bits per heavy atom. The van der Waals surface area contributed by atoms with Crippen LogP contribution in [0.4, 0.5) is 0 Å². The van der Waals surface area contributed by atoms with Gasteiger partial charge in [0, 0.05) is 18.1 Å².